The Bertz CT molecular complexity index is 269. The molecule has 98 valence electrons. The van der Waals surface area contributed by atoms with E-state index in [0.717, 1.165) is 26.0 Å². The summed E-state index contributed by atoms with van der Waals surface area (Å²) in [6.07, 6.45) is 9.14. The van der Waals surface area contributed by atoms with Crippen molar-refractivity contribution in [2.45, 2.75) is 57.1 Å². The van der Waals surface area contributed by atoms with Crippen LogP contribution in [0.3, 0.4) is 0 Å². The molecule has 1 heterocycles. The van der Waals surface area contributed by atoms with Crippen LogP contribution in [0.1, 0.15) is 45.4 Å². The zero-order valence-corrected chi connectivity index (χ0v) is 11.1. The minimum absolute atomic E-state index is 0.00252. The number of hydrogen-bond acceptors (Lipinski definition) is 3. The van der Waals surface area contributed by atoms with E-state index in [9.17, 15) is 0 Å². The molecule has 17 heavy (non-hydrogen) atoms. The summed E-state index contributed by atoms with van der Waals surface area (Å²) in [4.78, 5) is 0. The maximum atomic E-state index is 5.91. The summed E-state index contributed by atoms with van der Waals surface area (Å²) in [5.41, 5.74) is 1.39. The molecule has 0 aromatic rings. The fourth-order valence-corrected chi connectivity index (χ4v) is 3.24. The van der Waals surface area contributed by atoms with Gasteiger partial charge in [0.05, 0.1) is 24.5 Å². The molecule has 0 bridgehead atoms. The van der Waals surface area contributed by atoms with E-state index in [0.29, 0.717) is 6.04 Å². The first-order valence-electron chi connectivity index (χ1n) is 6.91. The van der Waals surface area contributed by atoms with Crippen molar-refractivity contribution >= 4 is 0 Å². The lowest BCUT2D eigenvalue weighted by Gasteiger charge is -2.39. The van der Waals surface area contributed by atoms with E-state index in [1.165, 1.54) is 31.3 Å². The van der Waals surface area contributed by atoms with E-state index >= 15 is 0 Å². The minimum atomic E-state index is 0.00252. The standard InChI is InChI=1S/C14H25NO2/c1-3-15-13(12-7-6-10-17-11-12)14(16-2)8-4-5-9-14/h11,13,15H,3-10H2,1-2H3. The molecule has 1 N–H and O–H groups in total. The van der Waals surface area contributed by atoms with Crippen molar-refractivity contribution in [1.82, 2.24) is 5.32 Å². The second-order valence-electron chi connectivity index (χ2n) is 5.13. The van der Waals surface area contributed by atoms with E-state index in [2.05, 4.69) is 12.2 Å². The predicted octanol–water partition coefficient (Wildman–Crippen LogP) is 2.62. The van der Waals surface area contributed by atoms with Crippen molar-refractivity contribution in [2.75, 3.05) is 20.3 Å². The van der Waals surface area contributed by atoms with Gasteiger partial charge in [-0.15, -0.1) is 0 Å². The Balaban J connectivity index is 2.17. The molecule has 1 saturated carbocycles. The van der Waals surface area contributed by atoms with Crippen LogP contribution < -0.4 is 5.32 Å². The highest BCUT2D eigenvalue weighted by Gasteiger charge is 2.43. The van der Waals surface area contributed by atoms with Gasteiger partial charge < -0.3 is 14.8 Å². The van der Waals surface area contributed by atoms with Crippen molar-refractivity contribution in [3.05, 3.63) is 11.8 Å². The van der Waals surface area contributed by atoms with Gasteiger partial charge in [0.1, 0.15) is 0 Å². The third kappa shape index (κ3) is 2.66. The number of rotatable bonds is 5. The van der Waals surface area contributed by atoms with Gasteiger partial charge in [-0.2, -0.15) is 0 Å². The highest BCUT2D eigenvalue weighted by Crippen LogP contribution is 2.39. The lowest BCUT2D eigenvalue weighted by Crippen LogP contribution is -2.51. The molecule has 3 heteroatoms. The Morgan fingerprint density at radius 2 is 2.18 bits per heavy atom. The van der Waals surface area contributed by atoms with Gasteiger partial charge in [0.25, 0.3) is 0 Å². The first-order chi connectivity index (χ1) is 8.32. The Labute approximate surface area is 105 Å². The van der Waals surface area contributed by atoms with Crippen LogP contribution in [-0.4, -0.2) is 31.9 Å². The average molecular weight is 239 g/mol. The van der Waals surface area contributed by atoms with Gasteiger partial charge in [0, 0.05) is 7.11 Å². The molecule has 1 unspecified atom stereocenters. The average Bonchev–Trinajstić information content (AvgIpc) is 2.87. The maximum absolute atomic E-state index is 5.91. The van der Waals surface area contributed by atoms with E-state index < -0.39 is 0 Å². The summed E-state index contributed by atoms with van der Waals surface area (Å²) >= 11 is 0. The highest BCUT2D eigenvalue weighted by atomic mass is 16.5. The Kier molecular flexibility index (Phi) is 4.46. The largest absolute Gasteiger partial charge is 0.501 e. The molecule has 1 aliphatic heterocycles. The van der Waals surface area contributed by atoms with Crippen molar-refractivity contribution in [3.63, 3.8) is 0 Å². The lowest BCUT2D eigenvalue weighted by atomic mass is 9.84. The fraction of sp³-hybridized carbons (Fsp3) is 0.857. The van der Waals surface area contributed by atoms with Crippen LogP contribution >= 0.6 is 0 Å². The molecular formula is C14H25NO2. The molecule has 1 fully saturated rings. The number of hydrogen-bond donors (Lipinski definition) is 1. The van der Waals surface area contributed by atoms with Crippen molar-refractivity contribution in [1.29, 1.82) is 0 Å². The Morgan fingerprint density at radius 3 is 2.71 bits per heavy atom. The molecule has 0 radical (unpaired) electrons. The number of ether oxygens (including phenoxy) is 2. The molecule has 1 aliphatic carbocycles. The first kappa shape index (κ1) is 12.9. The summed E-state index contributed by atoms with van der Waals surface area (Å²) in [6.45, 7) is 4.00. The number of methoxy groups -OCH3 is 1. The van der Waals surface area contributed by atoms with E-state index in [4.69, 9.17) is 9.47 Å². The summed E-state index contributed by atoms with van der Waals surface area (Å²) in [5.74, 6) is 0. The molecule has 2 rings (SSSR count). The second-order valence-corrected chi connectivity index (χ2v) is 5.13. The van der Waals surface area contributed by atoms with Crippen LogP contribution in [0.2, 0.25) is 0 Å². The molecule has 0 aromatic heterocycles. The van der Waals surface area contributed by atoms with E-state index in [1.54, 1.807) is 0 Å². The molecule has 0 amide bonds. The van der Waals surface area contributed by atoms with Gasteiger partial charge in [-0.1, -0.05) is 19.8 Å². The fourth-order valence-electron chi connectivity index (χ4n) is 3.24. The number of likely N-dealkylation sites (N-methyl/N-ethyl adjacent to an activating group) is 1. The third-order valence-corrected chi connectivity index (χ3v) is 4.12. The molecular weight excluding hydrogens is 214 g/mol. The Morgan fingerprint density at radius 1 is 1.41 bits per heavy atom. The first-order valence-corrected chi connectivity index (χ1v) is 6.91. The van der Waals surface area contributed by atoms with Crippen LogP contribution in [0.15, 0.2) is 11.8 Å². The molecule has 0 spiro atoms. The monoisotopic (exact) mass is 239 g/mol. The summed E-state index contributed by atoms with van der Waals surface area (Å²) in [5, 5.41) is 3.61. The predicted molar refractivity (Wildman–Crippen MR) is 68.9 cm³/mol. The number of nitrogens with one attached hydrogen (secondary N) is 1. The molecule has 0 saturated heterocycles. The van der Waals surface area contributed by atoms with Gasteiger partial charge >= 0.3 is 0 Å². The van der Waals surface area contributed by atoms with Crippen LogP contribution in [-0.2, 0) is 9.47 Å². The molecule has 1 atom stereocenters. The molecule has 3 nitrogen and oxygen atoms in total. The van der Waals surface area contributed by atoms with Crippen LogP contribution in [0, 0.1) is 0 Å². The van der Waals surface area contributed by atoms with Crippen molar-refractivity contribution in [3.8, 4) is 0 Å². The maximum Gasteiger partial charge on any atom is 0.0876 e. The summed E-state index contributed by atoms with van der Waals surface area (Å²) in [6, 6.07) is 0.334. The summed E-state index contributed by atoms with van der Waals surface area (Å²) < 4.78 is 11.4. The van der Waals surface area contributed by atoms with Gasteiger partial charge in [0.15, 0.2) is 0 Å². The summed E-state index contributed by atoms with van der Waals surface area (Å²) in [7, 11) is 1.86. The van der Waals surface area contributed by atoms with Crippen molar-refractivity contribution < 1.29 is 9.47 Å². The smallest absolute Gasteiger partial charge is 0.0876 e. The van der Waals surface area contributed by atoms with Crippen LogP contribution in [0.4, 0.5) is 0 Å². The van der Waals surface area contributed by atoms with Crippen LogP contribution in [0.25, 0.3) is 0 Å². The van der Waals surface area contributed by atoms with Gasteiger partial charge in [-0.3, -0.25) is 0 Å². The Hall–Kier alpha value is -0.540. The molecule has 0 aromatic carbocycles. The van der Waals surface area contributed by atoms with Gasteiger partial charge in [-0.05, 0) is 37.8 Å². The zero-order valence-electron chi connectivity index (χ0n) is 11.1. The molecule has 2 aliphatic rings. The quantitative estimate of drug-likeness (QED) is 0.800. The normalized spacial score (nSPS) is 25.2. The van der Waals surface area contributed by atoms with Crippen LogP contribution in [0.5, 0.6) is 0 Å². The minimum Gasteiger partial charge on any atom is -0.501 e. The van der Waals surface area contributed by atoms with E-state index in [-0.39, 0.29) is 5.60 Å². The van der Waals surface area contributed by atoms with Gasteiger partial charge in [0.2, 0.25) is 0 Å². The highest BCUT2D eigenvalue weighted by molar-refractivity contribution is 5.18. The second kappa shape index (κ2) is 5.87. The van der Waals surface area contributed by atoms with E-state index in [1.807, 2.05) is 13.4 Å². The lowest BCUT2D eigenvalue weighted by molar-refractivity contribution is -0.0280. The topological polar surface area (TPSA) is 30.5 Å². The SMILES string of the molecule is CCNC(C1=COCCC1)C1(OC)CCCC1. The zero-order chi connectivity index (χ0) is 12.1. The van der Waals surface area contributed by atoms with Crippen molar-refractivity contribution in [2.24, 2.45) is 0 Å². The van der Waals surface area contributed by atoms with Gasteiger partial charge in [-0.25, -0.2) is 0 Å². The third-order valence-electron chi connectivity index (χ3n) is 4.12.